The van der Waals surface area contributed by atoms with Gasteiger partial charge in [0.2, 0.25) is 5.91 Å². The molecule has 2 fully saturated rings. The van der Waals surface area contributed by atoms with Gasteiger partial charge in [-0.05, 0) is 37.5 Å². The summed E-state index contributed by atoms with van der Waals surface area (Å²) in [6.07, 6.45) is 1.79. The summed E-state index contributed by atoms with van der Waals surface area (Å²) in [5.74, 6) is -0.219. The zero-order valence-electron chi connectivity index (χ0n) is 12.3. The average molecular weight is 292 g/mol. The molecule has 1 aromatic rings. The highest BCUT2D eigenvalue weighted by molar-refractivity contribution is 5.78. The SMILES string of the molecule is C[C@@H]1NC(=O)COC12CCN(Cc1cccc(F)c1)CC2. The molecular weight excluding hydrogens is 271 g/mol. The van der Waals surface area contributed by atoms with Crippen LogP contribution in [-0.4, -0.2) is 42.1 Å². The third kappa shape index (κ3) is 3.09. The molecule has 1 aromatic carbocycles. The van der Waals surface area contributed by atoms with E-state index in [1.165, 1.54) is 6.07 Å². The van der Waals surface area contributed by atoms with Crippen LogP contribution in [0.4, 0.5) is 4.39 Å². The van der Waals surface area contributed by atoms with Gasteiger partial charge in [0.1, 0.15) is 12.4 Å². The van der Waals surface area contributed by atoms with Gasteiger partial charge in [-0.1, -0.05) is 12.1 Å². The molecule has 0 saturated carbocycles. The standard InChI is InChI=1S/C16H21FN2O2/c1-12-16(21-11-15(20)18-12)5-7-19(8-6-16)10-13-3-2-4-14(17)9-13/h2-4,9,12H,5-8,10-11H2,1H3,(H,18,20)/t12-/m0/s1. The molecule has 3 rings (SSSR count). The van der Waals surface area contributed by atoms with Gasteiger partial charge < -0.3 is 10.1 Å². The first-order valence-electron chi connectivity index (χ1n) is 7.47. The predicted octanol–water partition coefficient (Wildman–Crippen LogP) is 1.70. The highest BCUT2D eigenvalue weighted by Gasteiger charge is 2.44. The molecule has 1 N–H and O–H groups in total. The number of rotatable bonds is 2. The first-order chi connectivity index (χ1) is 10.1. The van der Waals surface area contributed by atoms with Crippen LogP contribution in [0.5, 0.6) is 0 Å². The molecule has 2 saturated heterocycles. The van der Waals surface area contributed by atoms with Gasteiger partial charge in [0.15, 0.2) is 0 Å². The maximum absolute atomic E-state index is 13.2. The minimum atomic E-state index is -0.230. The Morgan fingerprint density at radius 3 is 2.86 bits per heavy atom. The van der Waals surface area contributed by atoms with Crippen molar-refractivity contribution in [2.24, 2.45) is 0 Å². The smallest absolute Gasteiger partial charge is 0.246 e. The summed E-state index contributed by atoms with van der Waals surface area (Å²) >= 11 is 0. The second-order valence-corrected chi connectivity index (χ2v) is 6.05. The third-order valence-corrected chi connectivity index (χ3v) is 4.65. The molecule has 1 amide bonds. The molecule has 0 radical (unpaired) electrons. The Bertz CT molecular complexity index is 527. The fraction of sp³-hybridized carbons (Fsp3) is 0.562. The molecule has 4 nitrogen and oxygen atoms in total. The monoisotopic (exact) mass is 292 g/mol. The quantitative estimate of drug-likeness (QED) is 0.902. The van der Waals surface area contributed by atoms with Crippen LogP contribution in [0.15, 0.2) is 24.3 Å². The first kappa shape index (κ1) is 14.5. The van der Waals surface area contributed by atoms with Gasteiger partial charge in [0.25, 0.3) is 0 Å². The van der Waals surface area contributed by atoms with Crippen LogP contribution in [0, 0.1) is 5.82 Å². The van der Waals surface area contributed by atoms with Gasteiger partial charge in [-0.25, -0.2) is 4.39 Å². The van der Waals surface area contributed by atoms with E-state index in [1.807, 2.05) is 13.0 Å². The summed E-state index contributed by atoms with van der Waals surface area (Å²) in [6, 6.07) is 6.81. The molecule has 0 aromatic heterocycles. The molecule has 0 bridgehead atoms. The number of benzene rings is 1. The summed E-state index contributed by atoms with van der Waals surface area (Å²) in [5, 5.41) is 2.98. The number of hydrogen-bond donors (Lipinski definition) is 1. The van der Waals surface area contributed by atoms with Crippen LogP contribution >= 0.6 is 0 Å². The van der Waals surface area contributed by atoms with Crippen LogP contribution < -0.4 is 5.32 Å². The third-order valence-electron chi connectivity index (χ3n) is 4.65. The lowest BCUT2D eigenvalue weighted by molar-refractivity contribution is -0.159. The topological polar surface area (TPSA) is 41.6 Å². The van der Waals surface area contributed by atoms with E-state index in [2.05, 4.69) is 10.2 Å². The number of carbonyl (C=O) groups is 1. The van der Waals surface area contributed by atoms with Gasteiger partial charge in [0, 0.05) is 19.6 Å². The number of hydrogen-bond acceptors (Lipinski definition) is 3. The number of nitrogens with one attached hydrogen (secondary N) is 1. The van der Waals surface area contributed by atoms with E-state index in [0.717, 1.165) is 38.0 Å². The zero-order chi connectivity index (χ0) is 14.9. The Morgan fingerprint density at radius 1 is 1.43 bits per heavy atom. The summed E-state index contributed by atoms with van der Waals surface area (Å²) in [4.78, 5) is 13.7. The maximum Gasteiger partial charge on any atom is 0.246 e. The van der Waals surface area contributed by atoms with E-state index in [-0.39, 0.29) is 30.0 Å². The number of nitrogens with zero attached hydrogens (tertiary/aromatic N) is 1. The van der Waals surface area contributed by atoms with Gasteiger partial charge in [-0.15, -0.1) is 0 Å². The molecule has 5 heteroatoms. The van der Waals surface area contributed by atoms with Crippen LogP contribution in [0.1, 0.15) is 25.3 Å². The van der Waals surface area contributed by atoms with Crippen molar-refractivity contribution in [3.05, 3.63) is 35.6 Å². The fourth-order valence-corrected chi connectivity index (χ4v) is 3.31. The van der Waals surface area contributed by atoms with Crippen molar-refractivity contribution in [1.82, 2.24) is 10.2 Å². The highest BCUT2D eigenvalue weighted by Crippen LogP contribution is 2.32. The predicted molar refractivity (Wildman–Crippen MR) is 77.2 cm³/mol. The minimum absolute atomic E-state index is 0.0321. The average Bonchev–Trinajstić information content (AvgIpc) is 2.46. The van der Waals surface area contributed by atoms with Crippen molar-refractivity contribution in [1.29, 1.82) is 0 Å². The van der Waals surface area contributed by atoms with Crippen molar-refractivity contribution in [3.63, 3.8) is 0 Å². The summed E-state index contributed by atoms with van der Waals surface area (Å²) in [6.45, 7) is 4.73. The molecule has 0 unspecified atom stereocenters. The lowest BCUT2D eigenvalue weighted by atomic mass is 9.83. The van der Waals surface area contributed by atoms with Crippen molar-refractivity contribution >= 4 is 5.91 Å². The number of halogens is 1. The van der Waals surface area contributed by atoms with Crippen LogP contribution in [-0.2, 0) is 16.1 Å². The number of likely N-dealkylation sites (tertiary alicyclic amines) is 1. The Hall–Kier alpha value is -1.46. The number of morpholine rings is 1. The number of piperidine rings is 1. The summed E-state index contributed by atoms with van der Waals surface area (Å²) in [5.41, 5.74) is 0.767. The Kier molecular flexibility index (Phi) is 3.95. The van der Waals surface area contributed by atoms with Crippen LogP contribution in [0.25, 0.3) is 0 Å². The summed E-state index contributed by atoms with van der Waals surface area (Å²) in [7, 11) is 0. The van der Waals surface area contributed by atoms with E-state index >= 15 is 0 Å². The maximum atomic E-state index is 13.2. The number of carbonyl (C=O) groups excluding carboxylic acids is 1. The van der Waals surface area contributed by atoms with E-state index in [9.17, 15) is 9.18 Å². The Balaban J connectivity index is 1.59. The molecule has 1 atom stereocenters. The Morgan fingerprint density at radius 2 is 2.19 bits per heavy atom. The lowest BCUT2D eigenvalue weighted by Gasteiger charge is -2.47. The molecule has 21 heavy (non-hydrogen) atoms. The minimum Gasteiger partial charge on any atom is -0.363 e. The highest BCUT2D eigenvalue weighted by atomic mass is 19.1. The molecular formula is C16H21FN2O2. The largest absolute Gasteiger partial charge is 0.363 e. The van der Waals surface area contributed by atoms with E-state index in [1.54, 1.807) is 12.1 Å². The fourth-order valence-electron chi connectivity index (χ4n) is 3.31. The number of amides is 1. The van der Waals surface area contributed by atoms with Crippen molar-refractivity contribution < 1.29 is 13.9 Å². The van der Waals surface area contributed by atoms with Gasteiger partial charge in [-0.2, -0.15) is 0 Å². The van der Waals surface area contributed by atoms with E-state index < -0.39 is 0 Å². The first-order valence-corrected chi connectivity index (χ1v) is 7.47. The lowest BCUT2D eigenvalue weighted by Crippen LogP contribution is -2.62. The van der Waals surface area contributed by atoms with Gasteiger partial charge >= 0.3 is 0 Å². The molecule has 114 valence electrons. The summed E-state index contributed by atoms with van der Waals surface area (Å²) < 4.78 is 19.1. The molecule has 0 aliphatic carbocycles. The van der Waals surface area contributed by atoms with E-state index in [0.29, 0.717) is 0 Å². The second-order valence-electron chi connectivity index (χ2n) is 6.05. The van der Waals surface area contributed by atoms with Gasteiger partial charge in [0.05, 0.1) is 11.6 Å². The molecule has 1 spiro atoms. The second kappa shape index (κ2) is 5.73. The van der Waals surface area contributed by atoms with Crippen LogP contribution in [0.2, 0.25) is 0 Å². The van der Waals surface area contributed by atoms with Crippen LogP contribution in [0.3, 0.4) is 0 Å². The van der Waals surface area contributed by atoms with Gasteiger partial charge in [-0.3, -0.25) is 9.69 Å². The van der Waals surface area contributed by atoms with Crippen molar-refractivity contribution in [2.75, 3.05) is 19.7 Å². The van der Waals surface area contributed by atoms with Crippen molar-refractivity contribution in [2.45, 2.75) is 38.0 Å². The molecule has 2 aliphatic rings. The normalized spacial score (nSPS) is 25.8. The molecule has 2 heterocycles. The number of ether oxygens (including phenoxy) is 1. The van der Waals surface area contributed by atoms with Crippen molar-refractivity contribution in [3.8, 4) is 0 Å². The van der Waals surface area contributed by atoms with E-state index in [4.69, 9.17) is 4.74 Å². The Labute approximate surface area is 124 Å². The molecule has 2 aliphatic heterocycles. The zero-order valence-corrected chi connectivity index (χ0v) is 12.3.